The SMILES string of the molecule is Cc1cccc(OC[C@@H]2CCc3cc([C@H](CN)CCCCO)ccc3C2)c1. The van der Waals surface area contributed by atoms with Gasteiger partial charge in [-0.25, -0.2) is 0 Å². The normalized spacial score (nSPS) is 17.4. The molecule has 0 fully saturated rings. The number of rotatable bonds is 9. The molecule has 3 heteroatoms. The van der Waals surface area contributed by atoms with Crippen LogP contribution >= 0.6 is 0 Å². The van der Waals surface area contributed by atoms with Crippen molar-refractivity contribution < 1.29 is 9.84 Å². The second-order valence-corrected chi connectivity index (χ2v) is 7.92. The molecular formula is C24H33NO2. The smallest absolute Gasteiger partial charge is 0.119 e. The molecule has 0 spiro atoms. The molecule has 27 heavy (non-hydrogen) atoms. The van der Waals surface area contributed by atoms with E-state index < -0.39 is 0 Å². The van der Waals surface area contributed by atoms with Gasteiger partial charge in [0.05, 0.1) is 6.61 Å². The van der Waals surface area contributed by atoms with Crippen LogP contribution in [0.25, 0.3) is 0 Å². The molecule has 0 bridgehead atoms. The first-order valence-electron chi connectivity index (χ1n) is 10.3. The lowest BCUT2D eigenvalue weighted by Gasteiger charge is -2.26. The summed E-state index contributed by atoms with van der Waals surface area (Å²) in [6.07, 6.45) is 6.36. The van der Waals surface area contributed by atoms with Crippen LogP contribution in [0.2, 0.25) is 0 Å². The van der Waals surface area contributed by atoms with Crippen LogP contribution in [0.3, 0.4) is 0 Å². The van der Waals surface area contributed by atoms with E-state index in [1.165, 1.54) is 28.7 Å². The monoisotopic (exact) mass is 367 g/mol. The van der Waals surface area contributed by atoms with Crippen LogP contribution in [-0.2, 0) is 12.8 Å². The van der Waals surface area contributed by atoms with Gasteiger partial charge in [0.25, 0.3) is 0 Å². The third-order valence-electron chi connectivity index (χ3n) is 5.75. The lowest BCUT2D eigenvalue weighted by Crippen LogP contribution is -2.21. The Morgan fingerprint density at radius 2 is 2.04 bits per heavy atom. The van der Waals surface area contributed by atoms with E-state index in [0.29, 0.717) is 18.4 Å². The molecule has 3 nitrogen and oxygen atoms in total. The van der Waals surface area contributed by atoms with Gasteiger partial charge in [-0.3, -0.25) is 0 Å². The van der Waals surface area contributed by atoms with E-state index in [4.69, 9.17) is 15.6 Å². The van der Waals surface area contributed by atoms with Crippen LogP contribution in [0.5, 0.6) is 5.75 Å². The van der Waals surface area contributed by atoms with Gasteiger partial charge in [-0.2, -0.15) is 0 Å². The van der Waals surface area contributed by atoms with Gasteiger partial charge in [0, 0.05) is 6.61 Å². The predicted molar refractivity (Wildman–Crippen MR) is 111 cm³/mol. The first-order valence-corrected chi connectivity index (χ1v) is 10.3. The van der Waals surface area contributed by atoms with Crippen LogP contribution in [0.4, 0.5) is 0 Å². The summed E-state index contributed by atoms with van der Waals surface area (Å²) in [6.45, 7) is 3.83. The fraction of sp³-hybridized carbons (Fsp3) is 0.500. The zero-order chi connectivity index (χ0) is 19.1. The third kappa shape index (κ3) is 5.57. The minimum absolute atomic E-state index is 0.271. The highest BCUT2D eigenvalue weighted by atomic mass is 16.5. The van der Waals surface area contributed by atoms with E-state index in [-0.39, 0.29) is 6.61 Å². The first kappa shape index (κ1) is 19.9. The second kappa shape index (κ2) is 9.91. The van der Waals surface area contributed by atoms with E-state index in [2.05, 4.69) is 43.3 Å². The van der Waals surface area contributed by atoms with E-state index >= 15 is 0 Å². The summed E-state index contributed by atoms with van der Waals surface area (Å²) in [5.74, 6) is 1.97. The Balaban J connectivity index is 1.58. The summed E-state index contributed by atoms with van der Waals surface area (Å²) in [7, 11) is 0. The van der Waals surface area contributed by atoms with Gasteiger partial charge in [-0.1, -0.05) is 36.8 Å². The summed E-state index contributed by atoms with van der Waals surface area (Å²) >= 11 is 0. The standard InChI is InChI=1S/C24H33NO2/c1-18-5-4-7-24(13-18)27-17-19-8-9-21-15-22(11-10-20(21)14-19)23(16-25)6-2-3-12-26/h4-5,7,10-11,13,15,19,23,26H,2-3,6,8-9,12,14,16-17,25H2,1H3/t19-,23+/m1/s1. The summed E-state index contributed by atoms with van der Waals surface area (Å²) in [5.41, 5.74) is 11.6. The van der Waals surface area contributed by atoms with Gasteiger partial charge in [0.2, 0.25) is 0 Å². The van der Waals surface area contributed by atoms with E-state index in [0.717, 1.165) is 44.5 Å². The van der Waals surface area contributed by atoms with Crippen LogP contribution in [0.1, 0.15) is 53.9 Å². The zero-order valence-electron chi connectivity index (χ0n) is 16.5. The third-order valence-corrected chi connectivity index (χ3v) is 5.75. The lowest BCUT2D eigenvalue weighted by molar-refractivity contribution is 0.234. The van der Waals surface area contributed by atoms with Crippen molar-refractivity contribution in [1.29, 1.82) is 0 Å². The number of fused-ring (bicyclic) bond motifs is 1. The number of hydrogen-bond acceptors (Lipinski definition) is 3. The highest BCUT2D eigenvalue weighted by Crippen LogP contribution is 2.30. The fourth-order valence-electron chi connectivity index (χ4n) is 4.09. The maximum atomic E-state index is 8.99. The first-order chi connectivity index (χ1) is 13.2. The van der Waals surface area contributed by atoms with Gasteiger partial charge < -0.3 is 15.6 Å². The summed E-state index contributed by atoms with van der Waals surface area (Å²) in [4.78, 5) is 0. The zero-order valence-corrected chi connectivity index (χ0v) is 16.5. The molecule has 0 radical (unpaired) electrons. The van der Waals surface area contributed by atoms with Crippen molar-refractivity contribution in [3.8, 4) is 5.75 Å². The van der Waals surface area contributed by atoms with Gasteiger partial charge in [-0.15, -0.1) is 0 Å². The van der Waals surface area contributed by atoms with Crippen LogP contribution in [-0.4, -0.2) is 24.9 Å². The Hall–Kier alpha value is -1.84. The van der Waals surface area contributed by atoms with Crippen molar-refractivity contribution in [2.24, 2.45) is 11.7 Å². The number of hydrogen-bond donors (Lipinski definition) is 2. The highest BCUT2D eigenvalue weighted by molar-refractivity contribution is 5.36. The highest BCUT2D eigenvalue weighted by Gasteiger charge is 2.21. The predicted octanol–water partition coefficient (Wildman–Crippen LogP) is 4.38. The molecule has 0 unspecified atom stereocenters. The van der Waals surface area contributed by atoms with Gasteiger partial charge in [0.1, 0.15) is 5.75 Å². The van der Waals surface area contributed by atoms with Crippen molar-refractivity contribution in [2.45, 2.75) is 51.4 Å². The fourth-order valence-corrected chi connectivity index (χ4v) is 4.09. The van der Waals surface area contributed by atoms with Crippen LogP contribution < -0.4 is 10.5 Å². The van der Waals surface area contributed by atoms with Crippen molar-refractivity contribution in [2.75, 3.05) is 19.8 Å². The quantitative estimate of drug-likeness (QED) is 0.647. The Morgan fingerprint density at radius 1 is 1.15 bits per heavy atom. The maximum absolute atomic E-state index is 8.99. The molecule has 0 saturated carbocycles. The summed E-state index contributed by atoms with van der Waals surface area (Å²) < 4.78 is 6.04. The molecule has 2 aromatic carbocycles. The molecule has 3 N–H and O–H groups in total. The molecule has 0 heterocycles. The van der Waals surface area contributed by atoms with Gasteiger partial charge in [-0.05, 0) is 91.8 Å². The topological polar surface area (TPSA) is 55.5 Å². The number of aliphatic hydroxyl groups is 1. The van der Waals surface area contributed by atoms with Gasteiger partial charge >= 0.3 is 0 Å². The van der Waals surface area contributed by atoms with E-state index in [1.54, 1.807) is 0 Å². The number of aryl methyl sites for hydroxylation is 2. The van der Waals surface area contributed by atoms with Gasteiger partial charge in [0.15, 0.2) is 0 Å². The molecule has 146 valence electrons. The summed E-state index contributed by atoms with van der Waals surface area (Å²) in [5, 5.41) is 8.99. The average Bonchev–Trinajstić information content (AvgIpc) is 2.69. The molecule has 1 aliphatic carbocycles. The average molecular weight is 368 g/mol. The minimum Gasteiger partial charge on any atom is -0.493 e. The molecule has 0 amide bonds. The van der Waals surface area contributed by atoms with Crippen molar-refractivity contribution in [3.63, 3.8) is 0 Å². The Labute approximate surface area is 163 Å². The van der Waals surface area contributed by atoms with Crippen LogP contribution in [0.15, 0.2) is 42.5 Å². The molecule has 0 aliphatic heterocycles. The maximum Gasteiger partial charge on any atom is 0.119 e. The number of unbranched alkanes of at least 4 members (excludes halogenated alkanes) is 1. The molecule has 2 aromatic rings. The number of nitrogens with two attached hydrogens (primary N) is 1. The Kier molecular flexibility index (Phi) is 7.31. The van der Waals surface area contributed by atoms with E-state index in [1.807, 2.05) is 6.07 Å². The molecular weight excluding hydrogens is 334 g/mol. The lowest BCUT2D eigenvalue weighted by atomic mass is 9.81. The van der Waals surface area contributed by atoms with Crippen molar-refractivity contribution in [1.82, 2.24) is 0 Å². The Morgan fingerprint density at radius 3 is 2.81 bits per heavy atom. The largest absolute Gasteiger partial charge is 0.493 e. The molecule has 0 saturated heterocycles. The minimum atomic E-state index is 0.271. The molecule has 1 aliphatic rings. The number of benzene rings is 2. The number of aliphatic hydroxyl groups excluding tert-OH is 1. The molecule has 0 aromatic heterocycles. The summed E-state index contributed by atoms with van der Waals surface area (Å²) in [6, 6.07) is 15.2. The van der Waals surface area contributed by atoms with Crippen molar-refractivity contribution >= 4 is 0 Å². The Bertz CT molecular complexity index is 728. The molecule has 3 rings (SSSR count). The number of ether oxygens (including phenoxy) is 1. The molecule has 2 atom stereocenters. The second-order valence-electron chi connectivity index (χ2n) is 7.92. The van der Waals surface area contributed by atoms with Crippen LogP contribution in [0, 0.1) is 12.8 Å². The van der Waals surface area contributed by atoms with E-state index in [9.17, 15) is 0 Å². The van der Waals surface area contributed by atoms with Crippen molar-refractivity contribution in [3.05, 3.63) is 64.7 Å².